The van der Waals surface area contributed by atoms with E-state index in [1.165, 1.54) is 0 Å². The summed E-state index contributed by atoms with van der Waals surface area (Å²) in [4.78, 5) is 2.17. The SMILES string of the molecule is CN1CCC(Nc2ccc(C(F)(F)F)cc2F)CC1. The normalized spacial score (nSPS) is 18.6. The summed E-state index contributed by atoms with van der Waals surface area (Å²) in [6.07, 6.45) is -2.79. The number of nitrogens with one attached hydrogen (secondary N) is 1. The van der Waals surface area contributed by atoms with Gasteiger partial charge < -0.3 is 10.2 Å². The lowest BCUT2D eigenvalue weighted by Crippen LogP contribution is -2.36. The van der Waals surface area contributed by atoms with Crippen LogP contribution in [0.15, 0.2) is 18.2 Å². The van der Waals surface area contributed by atoms with Gasteiger partial charge in [0.05, 0.1) is 11.3 Å². The Kier molecular flexibility index (Phi) is 3.99. The fourth-order valence-electron chi connectivity index (χ4n) is 2.18. The van der Waals surface area contributed by atoms with E-state index in [0.717, 1.165) is 38.1 Å². The summed E-state index contributed by atoms with van der Waals surface area (Å²) in [7, 11) is 2.01. The zero-order chi connectivity index (χ0) is 14.0. The molecule has 0 radical (unpaired) electrons. The van der Waals surface area contributed by atoms with E-state index < -0.39 is 17.6 Å². The van der Waals surface area contributed by atoms with Gasteiger partial charge in [-0.3, -0.25) is 0 Å². The van der Waals surface area contributed by atoms with Crippen molar-refractivity contribution >= 4 is 5.69 Å². The molecule has 0 atom stereocenters. The molecular formula is C13H16F4N2. The van der Waals surface area contributed by atoms with Crippen LogP contribution in [0.5, 0.6) is 0 Å². The van der Waals surface area contributed by atoms with Gasteiger partial charge >= 0.3 is 6.18 Å². The predicted molar refractivity (Wildman–Crippen MR) is 65.5 cm³/mol. The molecule has 1 aliphatic rings. The number of nitrogens with zero attached hydrogens (tertiary/aromatic N) is 1. The Hall–Kier alpha value is -1.30. The van der Waals surface area contributed by atoms with E-state index in [0.29, 0.717) is 6.07 Å². The highest BCUT2D eigenvalue weighted by Gasteiger charge is 2.31. The minimum atomic E-state index is -4.51. The van der Waals surface area contributed by atoms with Crippen LogP contribution < -0.4 is 5.32 Å². The standard InChI is InChI=1S/C13H16F4N2/c1-19-6-4-10(5-7-19)18-12-3-2-9(8-11(12)14)13(15,16)17/h2-3,8,10,18H,4-7H2,1H3. The van der Waals surface area contributed by atoms with Gasteiger partial charge in [-0.15, -0.1) is 0 Å². The number of likely N-dealkylation sites (tertiary alicyclic amines) is 1. The Morgan fingerprint density at radius 1 is 1.21 bits per heavy atom. The highest BCUT2D eigenvalue weighted by Crippen LogP contribution is 2.31. The van der Waals surface area contributed by atoms with Gasteiger partial charge in [-0.1, -0.05) is 0 Å². The van der Waals surface area contributed by atoms with E-state index in [2.05, 4.69) is 10.2 Å². The molecule has 106 valence electrons. The van der Waals surface area contributed by atoms with Crippen molar-refractivity contribution in [2.75, 3.05) is 25.5 Å². The lowest BCUT2D eigenvalue weighted by Gasteiger charge is -2.30. The second-order valence-electron chi connectivity index (χ2n) is 4.91. The molecule has 1 saturated heterocycles. The Morgan fingerprint density at radius 3 is 2.37 bits per heavy atom. The number of rotatable bonds is 2. The van der Waals surface area contributed by atoms with Gasteiger partial charge in [-0.25, -0.2) is 4.39 Å². The lowest BCUT2D eigenvalue weighted by molar-refractivity contribution is -0.137. The van der Waals surface area contributed by atoms with Gasteiger partial charge in [-0.05, 0) is 51.2 Å². The first kappa shape index (κ1) is 14.1. The van der Waals surface area contributed by atoms with Gasteiger partial charge in [-0.2, -0.15) is 13.2 Å². The van der Waals surface area contributed by atoms with Crippen LogP contribution in [0.4, 0.5) is 23.2 Å². The topological polar surface area (TPSA) is 15.3 Å². The number of piperidine rings is 1. The van der Waals surface area contributed by atoms with Crippen LogP contribution in [0.1, 0.15) is 18.4 Å². The average Bonchev–Trinajstić information content (AvgIpc) is 2.33. The van der Waals surface area contributed by atoms with Gasteiger partial charge in [0.15, 0.2) is 0 Å². The first-order valence-corrected chi connectivity index (χ1v) is 6.18. The lowest BCUT2D eigenvalue weighted by atomic mass is 10.0. The Balaban J connectivity index is 2.05. The molecule has 6 heteroatoms. The van der Waals surface area contributed by atoms with Crippen molar-refractivity contribution in [3.63, 3.8) is 0 Å². The van der Waals surface area contributed by atoms with Crippen LogP contribution in [0.25, 0.3) is 0 Å². The smallest absolute Gasteiger partial charge is 0.380 e. The molecule has 1 aliphatic heterocycles. The highest BCUT2D eigenvalue weighted by molar-refractivity contribution is 5.47. The minimum absolute atomic E-state index is 0.113. The molecule has 0 aromatic heterocycles. The van der Waals surface area contributed by atoms with Crippen LogP contribution in [0.3, 0.4) is 0 Å². The predicted octanol–water partition coefficient (Wildman–Crippen LogP) is 3.35. The molecule has 19 heavy (non-hydrogen) atoms. The largest absolute Gasteiger partial charge is 0.416 e. The van der Waals surface area contributed by atoms with Crippen molar-refractivity contribution in [1.29, 1.82) is 0 Å². The van der Waals surface area contributed by atoms with Crippen molar-refractivity contribution in [3.05, 3.63) is 29.6 Å². The molecule has 1 heterocycles. The molecule has 1 N–H and O–H groups in total. The monoisotopic (exact) mass is 276 g/mol. The van der Waals surface area contributed by atoms with E-state index >= 15 is 0 Å². The average molecular weight is 276 g/mol. The van der Waals surface area contributed by atoms with Gasteiger partial charge in [0.1, 0.15) is 5.82 Å². The summed E-state index contributed by atoms with van der Waals surface area (Å²) in [5, 5.41) is 2.98. The Bertz CT molecular complexity index is 437. The van der Waals surface area contributed by atoms with Gasteiger partial charge in [0.2, 0.25) is 0 Å². The number of anilines is 1. The second-order valence-corrected chi connectivity index (χ2v) is 4.91. The Morgan fingerprint density at radius 2 is 1.84 bits per heavy atom. The van der Waals surface area contributed by atoms with E-state index in [1.807, 2.05) is 7.05 Å². The Labute approximate surface area is 109 Å². The van der Waals surface area contributed by atoms with Crippen molar-refractivity contribution in [3.8, 4) is 0 Å². The van der Waals surface area contributed by atoms with Crippen molar-refractivity contribution in [1.82, 2.24) is 4.90 Å². The van der Waals surface area contributed by atoms with Gasteiger partial charge in [0.25, 0.3) is 0 Å². The number of hydrogen-bond donors (Lipinski definition) is 1. The zero-order valence-electron chi connectivity index (χ0n) is 10.6. The molecule has 0 spiro atoms. The second kappa shape index (κ2) is 5.36. The fourth-order valence-corrected chi connectivity index (χ4v) is 2.18. The maximum absolute atomic E-state index is 13.6. The first-order valence-electron chi connectivity index (χ1n) is 6.18. The van der Waals surface area contributed by atoms with Crippen molar-refractivity contribution in [2.45, 2.75) is 25.1 Å². The van der Waals surface area contributed by atoms with Crippen LogP contribution in [0.2, 0.25) is 0 Å². The molecule has 0 bridgehead atoms. The summed E-state index contributed by atoms with van der Waals surface area (Å²) >= 11 is 0. The van der Waals surface area contributed by atoms with E-state index in [9.17, 15) is 17.6 Å². The third-order valence-electron chi connectivity index (χ3n) is 3.37. The fraction of sp³-hybridized carbons (Fsp3) is 0.538. The van der Waals surface area contributed by atoms with E-state index in [1.54, 1.807) is 0 Å². The molecule has 1 aromatic carbocycles. The summed E-state index contributed by atoms with van der Waals surface area (Å²) in [5.41, 5.74) is -0.818. The van der Waals surface area contributed by atoms with Gasteiger partial charge in [0, 0.05) is 6.04 Å². The molecule has 0 amide bonds. The third kappa shape index (κ3) is 3.59. The molecule has 1 fully saturated rings. The number of benzene rings is 1. The number of hydrogen-bond acceptors (Lipinski definition) is 2. The first-order chi connectivity index (χ1) is 8.86. The molecular weight excluding hydrogens is 260 g/mol. The molecule has 0 saturated carbocycles. The zero-order valence-corrected chi connectivity index (χ0v) is 10.6. The number of alkyl halides is 3. The molecule has 1 aromatic rings. The van der Waals surface area contributed by atoms with Crippen LogP contribution >= 0.6 is 0 Å². The molecule has 2 rings (SSSR count). The molecule has 2 nitrogen and oxygen atoms in total. The minimum Gasteiger partial charge on any atom is -0.380 e. The van der Waals surface area contributed by atoms with Crippen molar-refractivity contribution < 1.29 is 17.6 Å². The third-order valence-corrected chi connectivity index (χ3v) is 3.37. The molecule has 0 aliphatic carbocycles. The quantitative estimate of drug-likeness (QED) is 0.833. The van der Waals surface area contributed by atoms with E-state index in [4.69, 9.17) is 0 Å². The number of halogens is 4. The van der Waals surface area contributed by atoms with Crippen LogP contribution in [0, 0.1) is 5.82 Å². The maximum atomic E-state index is 13.6. The summed E-state index contributed by atoms with van der Waals surface area (Å²) in [6.45, 7) is 1.81. The van der Waals surface area contributed by atoms with Crippen molar-refractivity contribution in [2.24, 2.45) is 0 Å². The highest BCUT2D eigenvalue weighted by atomic mass is 19.4. The summed E-state index contributed by atoms with van der Waals surface area (Å²) < 4.78 is 50.9. The maximum Gasteiger partial charge on any atom is 0.416 e. The molecule has 0 unspecified atom stereocenters. The summed E-state index contributed by atoms with van der Waals surface area (Å²) in [6, 6.07) is 2.72. The van der Waals surface area contributed by atoms with Crippen LogP contribution in [-0.4, -0.2) is 31.1 Å². The van der Waals surface area contributed by atoms with E-state index in [-0.39, 0.29) is 11.7 Å². The summed E-state index contributed by atoms with van der Waals surface area (Å²) in [5.74, 6) is -0.853. The van der Waals surface area contributed by atoms with Crippen LogP contribution in [-0.2, 0) is 6.18 Å².